The maximum absolute atomic E-state index is 12.3. The van der Waals surface area contributed by atoms with Gasteiger partial charge in [-0.25, -0.2) is 4.79 Å². The number of ether oxygens (including phenoxy) is 1. The van der Waals surface area contributed by atoms with Crippen molar-refractivity contribution in [2.75, 3.05) is 6.61 Å². The van der Waals surface area contributed by atoms with Gasteiger partial charge in [-0.1, -0.05) is 11.6 Å². The maximum atomic E-state index is 12.3. The number of carbonyl (C=O) groups is 2. The highest BCUT2D eigenvalue weighted by Crippen LogP contribution is 2.19. The van der Waals surface area contributed by atoms with Gasteiger partial charge in [-0.2, -0.15) is 0 Å². The molecule has 0 saturated heterocycles. The molecule has 0 fully saturated rings. The van der Waals surface area contributed by atoms with Crippen LogP contribution in [-0.2, 0) is 16.1 Å². The van der Waals surface area contributed by atoms with E-state index in [1.54, 1.807) is 25.2 Å². The zero-order valence-electron chi connectivity index (χ0n) is 13.9. The van der Waals surface area contributed by atoms with E-state index in [0.717, 1.165) is 23.5 Å². The number of rotatable bonds is 6. The average Bonchev–Trinajstić information content (AvgIpc) is 3.08. The van der Waals surface area contributed by atoms with Crippen LogP contribution in [0.15, 0.2) is 35.2 Å². The van der Waals surface area contributed by atoms with Crippen LogP contribution >= 0.6 is 11.3 Å². The van der Waals surface area contributed by atoms with Crippen LogP contribution in [0.3, 0.4) is 0 Å². The zero-order chi connectivity index (χ0) is 17.0. The van der Waals surface area contributed by atoms with Crippen LogP contribution in [0.2, 0.25) is 0 Å². The second-order valence-electron chi connectivity index (χ2n) is 5.70. The number of hydrogen-bond donors (Lipinski definition) is 0. The zero-order valence-corrected chi connectivity index (χ0v) is 14.7. The Balaban J connectivity index is 2.09. The summed E-state index contributed by atoms with van der Waals surface area (Å²) in [6, 6.07) is 5.95. The number of thiophene rings is 1. The number of carbonyl (C=O) groups excluding carboxylic acids is 2. The second kappa shape index (κ2) is 7.42. The number of allylic oxidation sites excluding steroid dienone is 1. The Morgan fingerprint density at radius 3 is 2.65 bits per heavy atom. The summed E-state index contributed by atoms with van der Waals surface area (Å²) in [5, 5.41) is 2.04. The first-order valence-corrected chi connectivity index (χ1v) is 8.30. The van der Waals surface area contributed by atoms with Gasteiger partial charge < -0.3 is 9.30 Å². The molecule has 0 N–H and O–H groups in total. The van der Waals surface area contributed by atoms with E-state index in [4.69, 9.17) is 4.74 Å². The summed E-state index contributed by atoms with van der Waals surface area (Å²) in [5.74, 6) is -0.656. The molecular formula is C18H21NO3S. The minimum atomic E-state index is -0.481. The van der Waals surface area contributed by atoms with E-state index in [1.165, 1.54) is 11.0 Å². The van der Waals surface area contributed by atoms with Crippen molar-refractivity contribution >= 4 is 23.1 Å². The number of aryl methyl sites for hydroxylation is 1. The molecule has 2 rings (SSSR count). The monoisotopic (exact) mass is 331 g/mol. The predicted octanol–water partition coefficient (Wildman–Crippen LogP) is 3.91. The van der Waals surface area contributed by atoms with Gasteiger partial charge in [-0.3, -0.25) is 4.79 Å². The molecule has 122 valence electrons. The number of nitrogens with zero attached hydrogens (tertiary/aromatic N) is 1. The van der Waals surface area contributed by atoms with Gasteiger partial charge in [0.05, 0.1) is 6.54 Å². The lowest BCUT2D eigenvalue weighted by molar-refractivity contribution is -0.136. The Morgan fingerprint density at radius 1 is 1.30 bits per heavy atom. The molecule has 0 unspecified atom stereocenters. The van der Waals surface area contributed by atoms with E-state index in [0.29, 0.717) is 5.56 Å². The maximum Gasteiger partial charge on any atom is 0.331 e. The van der Waals surface area contributed by atoms with Crippen LogP contribution in [0, 0.1) is 13.8 Å². The molecule has 2 aromatic rings. The Bertz CT molecular complexity index is 735. The number of aromatic nitrogens is 1. The van der Waals surface area contributed by atoms with Gasteiger partial charge in [0.1, 0.15) is 0 Å². The van der Waals surface area contributed by atoms with E-state index in [-0.39, 0.29) is 12.4 Å². The van der Waals surface area contributed by atoms with Crippen molar-refractivity contribution in [3.63, 3.8) is 0 Å². The second-order valence-corrected chi connectivity index (χ2v) is 6.74. The van der Waals surface area contributed by atoms with Gasteiger partial charge in [0, 0.05) is 27.9 Å². The molecule has 0 saturated carbocycles. The van der Waals surface area contributed by atoms with Gasteiger partial charge in [-0.15, -0.1) is 11.3 Å². The van der Waals surface area contributed by atoms with Crippen molar-refractivity contribution in [1.29, 1.82) is 0 Å². The molecule has 0 aliphatic heterocycles. The standard InChI is InChI=1S/C18H21NO3S/c1-12(2)8-18(21)22-11-17(20)16-9-13(3)19(14(16)4)10-15-6-5-7-23-15/h5-9H,10-11H2,1-4H3. The average molecular weight is 331 g/mol. The van der Waals surface area contributed by atoms with Gasteiger partial charge in [0.2, 0.25) is 5.78 Å². The Morgan fingerprint density at radius 2 is 2.04 bits per heavy atom. The van der Waals surface area contributed by atoms with Crippen molar-refractivity contribution in [3.8, 4) is 0 Å². The van der Waals surface area contributed by atoms with Crippen LogP contribution in [0.1, 0.15) is 40.5 Å². The third-order valence-electron chi connectivity index (χ3n) is 3.52. The molecule has 23 heavy (non-hydrogen) atoms. The highest BCUT2D eigenvalue weighted by atomic mass is 32.1. The third-order valence-corrected chi connectivity index (χ3v) is 4.38. The van der Waals surface area contributed by atoms with Crippen molar-refractivity contribution < 1.29 is 14.3 Å². The number of Topliss-reactive ketones (excluding diaryl/α,β-unsaturated/α-hetero) is 1. The Labute approximate surface area is 140 Å². The van der Waals surface area contributed by atoms with Crippen molar-refractivity contribution in [2.24, 2.45) is 0 Å². The van der Waals surface area contributed by atoms with E-state index < -0.39 is 5.97 Å². The SMILES string of the molecule is CC(C)=CC(=O)OCC(=O)c1cc(C)n(Cc2cccs2)c1C. The van der Waals surface area contributed by atoms with E-state index in [2.05, 4.69) is 10.6 Å². The van der Waals surface area contributed by atoms with Crippen LogP contribution in [0.4, 0.5) is 0 Å². The van der Waals surface area contributed by atoms with Crippen LogP contribution in [0.5, 0.6) is 0 Å². The summed E-state index contributed by atoms with van der Waals surface area (Å²) in [7, 11) is 0. The molecular weight excluding hydrogens is 310 g/mol. The minimum Gasteiger partial charge on any atom is -0.454 e. The number of ketones is 1. The first-order valence-electron chi connectivity index (χ1n) is 7.42. The lowest BCUT2D eigenvalue weighted by atomic mass is 10.1. The summed E-state index contributed by atoms with van der Waals surface area (Å²) >= 11 is 1.69. The molecule has 5 heteroatoms. The fourth-order valence-electron chi connectivity index (χ4n) is 2.38. The first-order chi connectivity index (χ1) is 10.9. The largest absolute Gasteiger partial charge is 0.454 e. The molecule has 0 aliphatic carbocycles. The topological polar surface area (TPSA) is 48.3 Å². The molecule has 4 nitrogen and oxygen atoms in total. The molecule has 0 aliphatic rings. The van der Waals surface area contributed by atoms with Crippen LogP contribution < -0.4 is 0 Å². The molecule has 0 atom stereocenters. The molecule has 2 heterocycles. The summed E-state index contributed by atoms with van der Waals surface area (Å²) in [4.78, 5) is 25.1. The summed E-state index contributed by atoms with van der Waals surface area (Å²) in [6.07, 6.45) is 1.38. The summed E-state index contributed by atoms with van der Waals surface area (Å²) in [6.45, 7) is 8.03. The first kappa shape index (κ1) is 17.2. The lowest BCUT2D eigenvalue weighted by Gasteiger charge is -2.08. The Kier molecular flexibility index (Phi) is 5.55. The minimum absolute atomic E-state index is 0.175. The van der Waals surface area contributed by atoms with Gasteiger partial charge >= 0.3 is 5.97 Å². The molecule has 2 aromatic heterocycles. The van der Waals surface area contributed by atoms with Gasteiger partial charge in [0.25, 0.3) is 0 Å². The predicted molar refractivity (Wildman–Crippen MR) is 92.0 cm³/mol. The number of hydrogen-bond acceptors (Lipinski definition) is 4. The van der Waals surface area contributed by atoms with E-state index in [9.17, 15) is 9.59 Å². The van der Waals surface area contributed by atoms with Crippen LogP contribution in [-0.4, -0.2) is 22.9 Å². The van der Waals surface area contributed by atoms with Gasteiger partial charge in [-0.05, 0) is 45.2 Å². The quantitative estimate of drug-likeness (QED) is 0.458. The molecule has 0 radical (unpaired) electrons. The summed E-state index contributed by atoms with van der Waals surface area (Å²) < 4.78 is 7.12. The fourth-order valence-corrected chi connectivity index (χ4v) is 3.07. The highest BCUT2D eigenvalue weighted by Gasteiger charge is 2.17. The van der Waals surface area contributed by atoms with Gasteiger partial charge in [0.15, 0.2) is 6.61 Å². The molecule has 0 bridgehead atoms. The summed E-state index contributed by atoms with van der Waals surface area (Å²) in [5.41, 5.74) is 3.38. The lowest BCUT2D eigenvalue weighted by Crippen LogP contribution is -2.14. The highest BCUT2D eigenvalue weighted by molar-refractivity contribution is 7.09. The third kappa shape index (κ3) is 4.42. The molecule has 0 amide bonds. The van der Waals surface area contributed by atoms with Crippen molar-refractivity contribution in [3.05, 3.63) is 57.1 Å². The van der Waals surface area contributed by atoms with Crippen molar-refractivity contribution in [1.82, 2.24) is 4.57 Å². The van der Waals surface area contributed by atoms with E-state index in [1.807, 2.05) is 31.4 Å². The van der Waals surface area contributed by atoms with Crippen molar-refractivity contribution in [2.45, 2.75) is 34.2 Å². The van der Waals surface area contributed by atoms with E-state index >= 15 is 0 Å². The Hall–Kier alpha value is -2.14. The fraction of sp³-hybridized carbons (Fsp3) is 0.333. The molecule has 0 spiro atoms. The smallest absolute Gasteiger partial charge is 0.331 e. The molecule has 0 aromatic carbocycles. The van der Waals surface area contributed by atoms with Crippen LogP contribution in [0.25, 0.3) is 0 Å². The number of esters is 1. The normalized spacial score (nSPS) is 10.4.